The molecule has 1 aliphatic heterocycles. The van der Waals surface area contributed by atoms with Crippen LogP contribution in [0.4, 0.5) is 5.82 Å². The number of aromatic nitrogens is 1. The molecule has 7 nitrogen and oxygen atoms in total. The van der Waals surface area contributed by atoms with E-state index in [1.165, 1.54) is 16.7 Å². The van der Waals surface area contributed by atoms with E-state index in [4.69, 9.17) is 0 Å². The van der Waals surface area contributed by atoms with Crippen LogP contribution in [0.15, 0.2) is 12.1 Å². The zero-order valence-electron chi connectivity index (χ0n) is 11.1. The highest BCUT2D eigenvalue weighted by molar-refractivity contribution is 5.93. The molecule has 1 atom stereocenters. The summed E-state index contributed by atoms with van der Waals surface area (Å²) in [6.45, 7) is 1.35. The van der Waals surface area contributed by atoms with Gasteiger partial charge in [-0.25, -0.2) is 4.57 Å². The summed E-state index contributed by atoms with van der Waals surface area (Å²) >= 11 is 0. The molecule has 1 aromatic rings. The van der Waals surface area contributed by atoms with Crippen LogP contribution in [-0.4, -0.2) is 46.5 Å². The van der Waals surface area contributed by atoms with E-state index in [0.29, 0.717) is 24.8 Å². The van der Waals surface area contributed by atoms with Crippen LogP contribution < -0.4 is 5.32 Å². The summed E-state index contributed by atoms with van der Waals surface area (Å²) in [7, 11) is 3.43. The van der Waals surface area contributed by atoms with E-state index in [-0.39, 0.29) is 11.7 Å². The van der Waals surface area contributed by atoms with Gasteiger partial charge in [0.2, 0.25) is 0 Å². The molecule has 0 aliphatic carbocycles. The minimum atomic E-state index is -0.483. The summed E-state index contributed by atoms with van der Waals surface area (Å²) in [4.78, 5) is 24.4. The third-order valence-electron chi connectivity index (χ3n) is 3.62. The van der Waals surface area contributed by atoms with Crippen LogP contribution in [0.1, 0.15) is 23.3 Å². The molecule has 104 valence electrons. The van der Waals surface area contributed by atoms with Crippen LogP contribution in [-0.2, 0) is 7.05 Å². The topological polar surface area (TPSA) is 80.4 Å². The first kappa shape index (κ1) is 13.5. The number of nitrogens with zero attached hydrogens (tertiary/aromatic N) is 3. The predicted octanol–water partition coefficient (Wildman–Crippen LogP) is 0.757. The number of carbonyl (C=O) groups is 1. The van der Waals surface area contributed by atoms with Crippen LogP contribution in [0.5, 0.6) is 0 Å². The lowest BCUT2D eigenvalue weighted by Crippen LogP contribution is -2.47. The highest BCUT2D eigenvalue weighted by Crippen LogP contribution is 2.19. The quantitative estimate of drug-likeness (QED) is 0.647. The van der Waals surface area contributed by atoms with Gasteiger partial charge in [0.15, 0.2) is 5.69 Å². The Morgan fingerprint density at radius 1 is 1.53 bits per heavy atom. The van der Waals surface area contributed by atoms with Gasteiger partial charge >= 0.3 is 5.82 Å². The molecule has 0 bridgehead atoms. The monoisotopic (exact) mass is 266 g/mol. The second-order valence-corrected chi connectivity index (χ2v) is 4.77. The molecule has 0 aromatic carbocycles. The molecule has 1 unspecified atom stereocenters. The van der Waals surface area contributed by atoms with Crippen molar-refractivity contribution in [3.8, 4) is 0 Å². The fourth-order valence-electron chi connectivity index (χ4n) is 2.46. The van der Waals surface area contributed by atoms with Crippen molar-refractivity contribution in [1.29, 1.82) is 0 Å². The van der Waals surface area contributed by atoms with Crippen LogP contribution in [0.25, 0.3) is 0 Å². The Hall–Kier alpha value is -1.89. The highest BCUT2D eigenvalue weighted by Gasteiger charge is 2.28. The van der Waals surface area contributed by atoms with Gasteiger partial charge in [-0.3, -0.25) is 4.79 Å². The summed E-state index contributed by atoms with van der Waals surface area (Å²) in [5.41, 5.74) is 0.364. The number of hydrogen-bond donors (Lipinski definition) is 1. The van der Waals surface area contributed by atoms with Crippen LogP contribution in [0, 0.1) is 10.1 Å². The lowest BCUT2D eigenvalue weighted by atomic mass is 10.1. The zero-order valence-corrected chi connectivity index (χ0v) is 11.1. The number of carbonyl (C=O) groups excluding carboxylic acids is 1. The van der Waals surface area contributed by atoms with Crippen molar-refractivity contribution in [1.82, 2.24) is 14.8 Å². The Bertz CT molecular complexity index is 497. The fraction of sp³-hybridized carbons (Fsp3) is 0.583. The van der Waals surface area contributed by atoms with E-state index >= 15 is 0 Å². The smallest absolute Gasteiger partial charge is 0.323 e. The van der Waals surface area contributed by atoms with Crippen molar-refractivity contribution >= 4 is 11.7 Å². The first-order valence-electron chi connectivity index (χ1n) is 6.31. The lowest BCUT2D eigenvalue weighted by Gasteiger charge is -2.32. The van der Waals surface area contributed by atoms with E-state index in [1.807, 2.05) is 7.05 Å². The average molecular weight is 266 g/mol. The lowest BCUT2D eigenvalue weighted by molar-refractivity contribution is -0.391. The number of likely N-dealkylation sites (tertiary alicyclic amines) is 1. The number of nitrogens with one attached hydrogen (secondary N) is 1. The Morgan fingerprint density at radius 3 is 2.84 bits per heavy atom. The molecule has 1 aromatic heterocycles. The zero-order chi connectivity index (χ0) is 14.0. The molecular weight excluding hydrogens is 248 g/mol. The minimum absolute atomic E-state index is 0.0643. The number of hydrogen-bond acceptors (Lipinski definition) is 4. The van der Waals surface area contributed by atoms with Gasteiger partial charge in [-0.2, -0.15) is 0 Å². The van der Waals surface area contributed by atoms with Gasteiger partial charge in [0.05, 0.1) is 7.05 Å². The molecule has 0 saturated carbocycles. The van der Waals surface area contributed by atoms with Crippen molar-refractivity contribution in [2.45, 2.75) is 18.9 Å². The standard InChI is InChI=1S/C12H18N4O3/c1-13-9-4-3-7-15(8-9)12(17)10-5-6-11(14(10)2)16(18)19/h5-6,9,13H,3-4,7-8H2,1-2H3. The Kier molecular flexibility index (Phi) is 3.84. The maximum Gasteiger partial charge on any atom is 0.323 e. The number of nitro groups is 1. The van der Waals surface area contributed by atoms with Crippen molar-refractivity contribution < 1.29 is 9.72 Å². The molecule has 0 spiro atoms. The Morgan fingerprint density at radius 2 is 2.26 bits per heavy atom. The van der Waals surface area contributed by atoms with Crippen molar-refractivity contribution in [3.63, 3.8) is 0 Å². The summed E-state index contributed by atoms with van der Waals surface area (Å²) in [5.74, 6) is -0.207. The molecular formula is C12H18N4O3. The summed E-state index contributed by atoms with van der Waals surface area (Å²) in [6, 6.07) is 3.18. The first-order chi connectivity index (χ1) is 9.04. The second kappa shape index (κ2) is 5.40. The fourth-order valence-corrected chi connectivity index (χ4v) is 2.46. The van der Waals surface area contributed by atoms with Gasteiger partial charge < -0.3 is 20.3 Å². The van der Waals surface area contributed by atoms with E-state index in [2.05, 4.69) is 5.32 Å². The Labute approximate surface area is 111 Å². The molecule has 7 heteroatoms. The van der Waals surface area contributed by atoms with Crippen molar-refractivity contribution in [2.75, 3.05) is 20.1 Å². The van der Waals surface area contributed by atoms with Gasteiger partial charge in [-0.05, 0) is 30.9 Å². The minimum Gasteiger partial charge on any atom is -0.358 e. The molecule has 2 heterocycles. The molecule has 1 amide bonds. The predicted molar refractivity (Wildman–Crippen MR) is 70.1 cm³/mol. The van der Waals surface area contributed by atoms with Crippen LogP contribution in [0.3, 0.4) is 0 Å². The van der Waals surface area contributed by atoms with Crippen molar-refractivity contribution in [3.05, 3.63) is 27.9 Å². The van der Waals surface area contributed by atoms with E-state index in [9.17, 15) is 14.9 Å². The molecule has 1 fully saturated rings. The molecule has 1 saturated heterocycles. The van der Waals surface area contributed by atoms with E-state index in [1.54, 1.807) is 11.9 Å². The van der Waals surface area contributed by atoms with Gasteiger partial charge in [0, 0.05) is 25.2 Å². The van der Waals surface area contributed by atoms with Gasteiger partial charge in [-0.1, -0.05) is 0 Å². The molecule has 1 aliphatic rings. The normalized spacial score (nSPS) is 19.5. The first-order valence-corrected chi connectivity index (χ1v) is 6.31. The maximum absolute atomic E-state index is 12.4. The maximum atomic E-state index is 12.4. The van der Waals surface area contributed by atoms with Crippen molar-refractivity contribution in [2.24, 2.45) is 7.05 Å². The van der Waals surface area contributed by atoms with Crippen LogP contribution in [0.2, 0.25) is 0 Å². The van der Waals surface area contributed by atoms with Crippen LogP contribution >= 0.6 is 0 Å². The number of likely N-dealkylation sites (N-methyl/N-ethyl adjacent to an activating group) is 1. The number of piperidine rings is 1. The van der Waals surface area contributed by atoms with E-state index < -0.39 is 4.92 Å². The third kappa shape index (κ3) is 2.60. The van der Waals surface area contributed by atoms with Gasteiger partial charge in [0.25, 0.3) is 5.91 Å². The second-order valence-electron chi connectivity index (χ2n) is 4.77. The highest BCUT2D eigenvalue weighted by atomic mass is 16.6. The average Bonchev–Trinajstić information content (AvgIpc) is 2.80. The van der Waals surface area contributed by atoms with Gasteiger partial charge in [0.1, 0.15) is 0 Å². The van der Waals surface area contributed by atoms with E-state index in [0.717, 1.165) is 12.8 Å². The Balaban J connectivity index is 2.17. The molecule has 1 N–H and O–H groups in total. The molecule has 2 rings (SSSR count). The number of rotatable bonds is 3. The summed E-state index contributed by atoms with van der Waals surface area (Å²) in [6.07, 6.45) is 2.00. The molecule has 19 heavy (non-hydrogen) atoms. The SMILES string of the molecule is CNC1CCCN(C(=O)c2ccc([N+](=O)[O-])n2C)C1. The molecule has 0 radical (unpaired) electrons. The number of amides is 1. The summed E-state index contributed by atoms with van der Waals surface area (Å²) < 4.78 is 1.34. The van der Waals surface area contributed by atoms with Gasteiger partial charge in [-0.15, -0.1) is 0 Å². The summed E-state index contributed by atoms with van der Waals surface area (Å²) in [5, 5.41) is 14.0. The third-order valence-corrected chi connectivity index (χ3v) is 3.62. The largest absolute Gasteiger partial charge is 0.358 e.